The molecule has 2 saturated heterocycles. The highest BCUT2D eigenvalue weighted by Crippen LogP contribution is 2.40. The molecule has 0 aromatic heterocycles. The van der Waals surface area contributed by atoms with Crippen LogP contribution in [0.2, 0.25) is 6.32 Å². The van der Waals surface area contributed by atoms with Crippen molar-refractivity contribution in [1.29, 1.82) is 5.26 Å². The van der Waals surface area contributed by atoms with Gasteiger partial charge in [-0.2, -0.15) is 5.26 Å². The van der Waals surface area contributed by atoms with E-state index in [1.807, 2.05) is 27.7 Å². The Morgan fingerprint density at radius 3 is 2.23 bits per heavy atom. The molecule has 2 fully saturated rings. The fraction of sp³-hybridized carbons (Fsp3) is 0.857. The number of ether oxygens (including phenoxy) is 2. The van der Waals surface area contributed by atoms with E-state index < -0.39 is 40.8 Å². The standard InChI is InChI=1S/C21H35BN2O6/c1-19(2,3)28-18(26)24-13-14(12-23)15(16(24)17(25)27-8)10-9-11-22-29-20(4,5)21(6,7)30-22/h14-16H,9-11,13H2,1-8H3/t14?,15?,16-/m0/s1. The van der Waals surface area contributed by atoms with Crippen molar-refractivity contribution in [3.8, 4) is 6.07 Å². The highest BCUT2D eigenvalue weighted by atomic mass is 16.7. The zero-order valence-corrected chi connectivity index (χ0v) is 19.5. The molecule has 30 heavy (non-hydrogen) atoms. The van der Waals surface area contributed by atoms with Gasteiger partial charge < -0.3 is 18.8 Å². The van der Waals surface area contributed by atoms with Gasteiger partial charge in [0, 0.05) is 12.5 Å². The third kappa shape index (κ3) is 5.27. The Morgan fingerprint density at radius 2 is 1.77 bits per heavy atom. The number of methoxy groups -OCH3 is 1. The Balaban J connectivity index is 2.08. The molecule has 0 saturated carbocycles. The summed E-state index contributed by atoms with van der Waals surface area (Å²) in [6, 6.07) is 1.42. The van der Waals surface area contributed by atoms with Gasteiger partial charge in [0.2, 0.25) is 0 Å². The van der Waals surface area contributed by atoms with Gasteiger partial charge in [0.15, 0.2) is 0 Å². The monoisotopic (exact) mass is 422 g/mol. The molecule has 2 rings (SSSR count). The number of amides is 1. The van der Waals surface area contributed by atoms with E-state index in [4.69, 9.17) is 18.8 Å². The lowest BCUT2D eigenvalue weighted by Crippen LogP contribution is -2.46. The van der Waals surface area contributed by atoms with Gasteiger partial charge >= 0.3 is 19.2 Å². The maximum Gasteiger partial charge on any atom is 0.457 e. The van der Waals surface area contributed by atoms with E-state index in [0.717, 1.165) is 0 Å². The number of esters is 1. The summed E-state index contributed by atoms with van der Waals surface area (Å²) in [5, 5.41) is 9.66. The molecule has 0 aliphatic carbocycles. The Hall–Kier alpha value is -1.79. The van der Waals surface area contributed by atoms with Crippen LogP contribution in [0, 0.1) is 23.2 Å². The van der Waals surface area contributed by atoms with Gasteiger partial charge in [-0.15, -0.1) is 0 Å². The summed E-state index contributed by atoms with van der Waals surface area (Å²) in [6.07, 6.45) is 1.30. The lowest BCUT2D eigenvalue weighted by molar-refractivity contribution is -0.147. The summed E-state index contributed by atoms with van der Waals surface area (Å²) in [6.45, 7) is 13.4. The normalized spacial score (nSPS) is 27.6. The van der Waals surface area contributed by atoms with Gasteiger partial charge in [-0.25, -0.2) is 9.59 Å². The molecule has 3 atom stereocenters. The minimum absolute atomic E-state index is 0.145. The number of nitrogens with zero attached hydrogens (tertiary/aromatic N) is 2. The highest BCUT2D eigenvalue weighted by molar-refractivity contribution is 6.45. The molecule has 168 valence electrons. The van der Waals surface area contributed by atoms with Crippen LogP contribution in [-0.4, -0.2) is 60.6 Å². The van der Waals surface area contributed by atoms with Crippen LogP contribution in [0.25, 0.3) is 0 Å². The topological polar surface area (TPSA) is 98.1 Å². The van der Waals surface area contributed by atoms with Gasteiger partial charge in [0.1, 0.15) is 11.6 Å². The number of carbonyl (C=O) groups is 2. The first kappa shape index (κ1) is 24.5. The van der Waals surface area contributed by atoms with Gasteiger partial charge in [0.25, 0.3) is 0 Å². The van der Waals surface area contributed by atoms with E-state index >= 15 is 0 Å². The van der Waals surface area contributed by atoms with Crippen molar-refractivity contribution in [2.75, 3.05) is 13.7 Å². The fourth-order valence-corrected chi connectivity index (χ4v) is 3.94. The molecule has 0 aromatic rings. The smallest absolute Gasteiger partial charge is 0.457 e. The first-order chi connectivity index (χ1) is 13.7. The molecule has 0 spiro atoms. The van der Waals surface area contributed by atoms with Crippen LogP contribution in [0.1, 0.15) is 61.3 Å². The van der Waals surface area contributed by atoms with Gasteiger partial charge in [0.05, 0.1) is 30.3 Å². The Labute approximate surface area is 180 Å². The number of nitriles is 1. The van der Waals surface area contributed by atoms with Crippen molar-refractivity contribution in [3.63, 3.8) is 0 Å². The molecule has 1 amide bonds. The van der Waals surface area contributed by atoms with E-state index in [0.29, 0.717) is 19.2 Å². The summed E-state index contributed by atoms with van der Waals surface area (Å²) in [5.41, 5.74) is -1.50. The van der Waals surface area contributed by atoms with E-state index in [-0.39, 0.29) is 19.6 Å². The van der Waals surface area contributed by atoms with Crippen molar-refractivity contribution in [3.05, 3.63) is 0 Å². The predicted octanol–water partition coefficient (Wildman–Crippen LogP) is 3.41. The van der Waals surface area contributed by atoms with Crippen LogP contribution in [0.3, 0.4) is 0 Å². The molecule has 0 radical (unpaired) electrons. The molecule has 0 bridgehead atoms. The number of hydrogen-bond donors (Lipinski definition) is 0. The number of likely N-dealkylation sites (tertiary alicyclic amines) is 1. The summed E-state index contributed by atoms with van der Waals surface area (Å²) < 4.78 is 22.5. The Morgan fingerprint density at radius 1 is 1.20 bits per heavy atom. The largest absolute Gasteiger partial charge is 0.467 e. The van der Waals surface area contributed by atoms with Crippen molar-refractivity contribution in [2.45, 2.75) is 90.5 Å². The van der Waals surface area contributed by atoms with E-state index in [9.17, 15) is 14.9 Å². The summed E-state index contributed by atoms with van der Waals surface area (Å²) in [7, 11) is 0.951. The summed E-state index contributed by atoms with van der Waals surface area (Å²) in [5.74, 6) is -1.34. The van der Waals surface area contributed by atoms with Crippen LogP contribution in [0.5, 0.6) is 0 Å². The number of rotatable bonds is 5. The Bertz CT molecular complexity index is 681. The molecule has 0 N–H and O–H groups in total. The van der Waals surface area contributed by atoms with Gasteiger partial charge in [-0.1, -0.05) is 6.42 Å². The second kappa shape index (κ2) is 8.76. The fourth-order valence-electron chi connectivity index (χ4n) is 3.94. The van der Waals surface area contributed by atoms with Crippen LogP contribution < -0.4 is 0 Å². The van der Waals surface area contributed by atoms with Gasteiger partial charge in [-0.3, -0.25) is 4.90 Å². The molecular formula is C21H35BN2O6. The van der Waals surface area contributed by atoms with Crippen molar-refractivity contribution in [1.82, 2.24) is 4.90 Å². The first-order valence-electron chi connectivity index (χ1n) is 10.5. The average Bonchev–Trinajstić information content (AvgIpc) is 3.06. The molecule has 2 aliphatic rings. The zero-order chi connectivity index (χ0) is 22.9. The lowest BCUT2D eigenvalue weighted by atomic mass is 9.78. The molecular weight excluding hydrogens is 387 g/mol. The van der Waals surface area contributed by atoms with E-state index in [1.54, 1.807) is 20.8 Å². The predicted molar refractivity (Wildman–Crippen MR) is 111 cm³/mol. The molecule has 2 aliphatic heterocycles. The van der Waals surface area contributed by atoms with E-state index in [1.165, 1.54) is 12.0 Å². The van der Waals surface area contributed by atoms with Crippen LogP contribution in [0.4, 0.5) is 4.79 Å². The Kier molecular flexibility index (Phi) is 7.15. The average molecular weight is 422 g/mol. The van der Waals surface area contributed by atoms with Gasteiger partial charge in [-0.05, 0) is 61.2 Å². The lowest BCUT2D eigenvalue weighted by Gasteiger charge is -2.32. The van der Waals surface area contributed by atoms with Crippen LogP contribution in [0.15, 0.2) is 0 Å². The second-order valence-corrected chi connectivity index (χ2v) is 10.1. The number of carbonyl (C=O) groups excluding carboxylic acids is 2. The molecule has 2 heterocycles. The van der Waals surface area contributed by atoms with Crippen LogP contribution in [-0.2, 0) is 23.6 Å². The minimum Gasteiger partial charge on any atom is -0.467 e. The van der Waals surface area contributed by atoms with Crippen molar-refractivity contribution >= 4 is 19.2 Å². The van der Waals surface area contributed by atoms with E-state index in [2.05, 4.69) is 6.07 Å². The summed E-state index contributed by atoms with van der Waals surface area (Å²) in [4.78, 5) is 26.5. The zero-order valence-electron chi connectivity index (χ0n) is 19.5. The molecule has 9 heteroatoms. The summed E-state index contributed by atoms with van der Waals surface area (Å²) >= 11 is 0. The third-order valence-corrected chi connectivity index (χ3v) is 6.17. The quantitative estimate of drug-likeness (QED) is 0.495. The van der Waals surface area contributed by atoms with Crippen molar-refractivity contribution in [2.24, 2.45) is 11.8 Å². The maximum atomic E-state index is 12.7. The second-order valence-electron chi connectivity index (χ2n) is 10.1. The minimum atomic E-state index is -0.840. The van der Waals surface area contributed by atoms with Crippen molar-refractivity contribution < 1.29 is 28.4 Å². The third-order valence-electron chi connectivity index (χ3n) is 6.17. The highest BCUT2D eigenvalue weighted by Gasteiger charge is 2.52. The number of hydrogen-bond acceptors (Lipinski definition) is 7. The molecule has 2 unspecified atom stereocenters. The molecule has 0 aromatic carbocycles. The SMILES string of the molecule is COC(=O)[C@@H]1C(CCCB2OC(C)(C)C(C)(C)O2)C(C#N)CN1C(=O)OC(C)(C)C. The first-order valence-corrected chi connectivity index (χ1v) is 10.5. The van der Waals surface area contributed by atoms with Crippen LogP contribution >= 0.6 is 0 Å². The molecule has 8 nitrogen and oxygen atoms in total. The maximum absolute atomic E-state index is 12.7.